The van der Waals surface area contributed by atoms with Crippen molar-refractivity contribution in [1.29, 1.82) is 0 Å². The van der Waals surface area contributed by atoms with Crippen LogP contribution in [0.4, 0.5) is 0 Å². The van der Waals surface area contributed by atoms with Gasteiger partial charge in [0, 0.05) is 5.02 Å². The van der Waals surface area contributed by atoms with Crippen LogP contribution in [0.5, 0.6) is 0 Å². The number of rotatable bonds is 5. The molecule has 0 saturated carbocycles. The zero-order valence-electron chi connectivity index (χ0n) is 12.7. The second kappa shape index (κ2) is 7.06. The highest BCUT2D eigenvalue weighted by atomic mass is 35.5. The zero-order valence-corrected chi connectivity index (χ0v) is 14.2. The number of H-pyrrole nitrogens is 1. The molecule has 0 aliphatic heterocycles. The second-order valence-corrected chi connectivity index (χ2v) is 6.14. The fourth-order valence-corrected chi connectivity index (χ4v) is 2.85. The van der Waals surface area contributed by atoms with Crippen molar-refractivity contribution in [2.75, 3.05) is 12.4 Å². The molecule has 3 rings (SSSR count). The van der Waals surface area contributed by atoms with Gasteiger partial charge in [0.15, 0.2) is 10.8 Å². The van der Waals surface area contributed by atoms with E-state index in [9.17, 15) is 9.59 Å². The molecule has 1 N–H and O–H groups in total. The topological polar surface area (TPSA) is 89.9 Å². The van der Waals surface area contributed by atoms with E-state index in [1.807, 2.05) is 0 Å². The Labute approximate surface area is 146 Å². The third kappa shape index (κ3) is 3.44. The van der Waals surface area contributed by atoms with E-state index in [1.54, 1.807) is 35.9 Å². The fourth-order valence-electron chi connectivity index (χ4n) is 2.07. The number of thioether (sulfide) groups is 1. The molecule has 0 unspecified atom stereocenters. The molecule has 0 saturated heterocycles. The van der Waals surface area contributed by atoms with Crippen molar-refractivity contribution < 1.29 is 9.53 Å². The molecular formula is C15H13ClN4O3S. The van der Waals surface area contributed by atoms with Crippen LogP contribution in [0.15, 0.2) is 40.4 Å². The predicted octanol–water partition coefficient (Wildman–Crippen LogP) is 2.42. The Balaban J connectivity index is 1.96. The molecule has 0 atom stereocenters. The van der Waals surface area contributed by atoms with Gasteiger partial charge in [0.2, 0.25) is 0 Å². The van der Waals surface area contributed by atoms with Crippen LogP contribution in [0, 0.1) is 0 Å². The van der Waals surface area contributed by atoms with E-state index in [-0.39, 0.29) is 17.3 Å². The van der Waals surface area contributed by atoms with Gasteiger partial charge in [-0.15, -0.1) is 0 Å². The number of carbonyl (C=O) groups excluding carboxylic acids is 1. The Kier molecular flexibility index (Phi) is 4.86. The molecule has 0 aliphatic carbocycles. The molecule has 0 aliphatic rings. The summed E-state index contributed by atoms with van der Waals surface area (Å²) in [5.41, 5.74) is 0.827. The quantitative estimate of drug-likeness (QED) is 0.425. The van der Waals surface area contributed by atoms with Gasteiger partial charge >= 0.3 is 5.97 Å². The number of ether oxygens (including phenoxy) is 1. The molecule has 2 heterocycles. The van der Waals surface area contributed by atoms with E-state index in [4.69, 9.17) is 16.3 Å². The highest BCUT2D eigenvalue weighted by Crippen LogP contribution is 2.19. The number of benzene rings is 1. The summed E-state index contributed by atoms with van der Waals surface area (Å²) in [7, 11) is 0. The lowest BCUT2D eigenvalue weighted by Gasteiger charge is -2.05. The minimum absolute atomic E-state index is 0.0668. The normalized spacial score (nSPS) is 10.9. The molecule has 0 radical (unpaired) electrons. The van der Waals surface area contributed by atoms with Crippen LogP contribution in [-0.4, -0.2) is 38.1 Å². The number of aromatic nitrogens is 4. The minimum Gasteiger partial charge on any atom is -0.465 e. The van der Waals surface area contributed by atoms with Gasteiger partial charge in [-0.25, -0.2) is 9.67 Å². The number of esters is 1. The maximum atomic E-state index is 12.2. The van der Waals surface area contributed by atoms with E-state index in [0.29, 0.717) is 27.8 Å². The highest BCUT2D eigenvalue weighted by molar-refractivity contribution is 7.99. The number of aromatic amines is 1. The summed E-state index contributed by atoms with van der Waals surface area (Å²) in [5, 5.41) is 5.51. The van der Waals surface area contributed by atoms with Crippen molar-refractivity contribution in [1.82, 2.24) is 19.7 Å². The Morgan fingerprint density at radius 2 is 2.12 bits per heavy atom. The Morgan fingerprint density at radius 3 is 2.83 bits per heavy atom. The molecule has 24 heavy (non-hydrogen) atoms. The van der Waals surface area contributed by atoms with Crippen LogP contribution in [0.3, 0.4) is 0 Å². The van der Waals surface area contributed by atoms with Crippen molar-refractivity contribution in [3.05, 3.63) is 45.8 Å². The first-order chi connectivity index (χ1) is 11.6. The molecule has 2 aromatic heterocycles. The SMILES string of the molecule is CCOC(=O)CSc1nc2c(cnn2-c2ccc(Cl)cc2)c(=O)[nH]1. The van der Waals surface area contributed by atoms with Crippen molar-refractivity contribution in [2.24, 2.45) is 0 Å². The number of nitrogens with zero attached hydrogens (tertiary/aromatic N) is 3. The van der Waals surface area contributed by atoms with E-state index >= 15 is 0 Å². The molecule has 0 spiro atoms. The molecule has 9 heteroatoms. The standard InChI is InChI=1S/C15H13ClN4O3S/c1-2-23-12(21)8-24-15-18-13-11(14(22)19-15)7-17-20(13)10-5-3-9(16)4-6-10/h3-7H,2,8H2,1H3,(H,18,19,22). The van der Waals surface area contributed by atoms with Gasteiger partial charge in [-0.2, -0.15) is 5.10 Å². The minimum atomic E-state index is -0.364. The highest BCUT2D eigenvalue weighted by Gasteiger charge is 2.13. The fraction of sp³-hybridized carbons (Fsp3) is 0.200. The van der Waals surface area contributed by atoms with Crippen LogP contribution < -0.4 is 5.56 Å². The number of carbonyl (C=O) groups is 1. The van der Waals surface area contributed by atoms with Gasteiger partial charge < -0.3 is 9.72 Å². The molecular weight excluding hydrogens is 352 g/mol. The van der Waals surface area contributed by atoms with Crippen molar-refractivity contribution >= 4 is 40.4 Å². The van der Waals surface area contributed by atoms with E-state index in [0.717, 1.165) is 17.4 Å². The van der Waals surface area contributed by atoms with Gasteiger partial charge in [0.05, 0.1) is 24.2 Å². The first kappa shape index (κ1) is 16.5. The number of hydrogen-bond acceptors (Lipinski definition) is 6. The third-order valence-electron chi connectivity index (χ3n) is 3.12. The summed E-state index contributed by atoms with van der Waals surface area (Å²) in [6.07, 6.45) is 1.45. The smallest absolute Gasteiger partial charge is 0.316 e. The number of fused-ring (bicyclic) bond motifs is 1. The average molecular weight is 365 g/mol. The zero-order chi connectivity index (χ0) is 17.1. The second-order valence-electron chi connectivity index (χ2n) is 4.73. The summed E-state index contributed by atoms with van der Waals surface area (Å²) in [6, 6.07) is 7.02. The lowest BCUT2D eigenvalue weighted by atomic mass is 10.3. The van der Waals surface area contributed by atoms with Gasteiger partial charge in [-0.3, -0.25) is 9.59 Å². The molecule has 1 aromatic carbocycles. The lowest BCUT2D eigenvalue weighted by molar-refractivity contribution is -0.139. The van der Waals surface area contributed by atoms with Crippen LogP contribution in [0.2, 0.25) is 5.02 Å². The van der Waals surface area contributed by atoms with Crippen LogP contribution >= 0.6 is 23.4 Å². The van der Waals surface area contributed by atoms with E-state index < -0.39 is 0 Å². The van der Waals surface area contributed by atoms with Crippen molar-refractivity contribution in [2.45, 2.75) is 12.1 Å². The Bertz CT molecular complexity index is 936. The maximum Gasteiger partial charge on any atom is 0.316 e. The summed E-state index contributed by atoms with van der Waals surface area (Å²) in [6.45, 7) is 2.05. The van der Waals surface area contributed by atoms with Gasteiger partial charge in [-0.1, -0.05) is 23.4 Å². The maximum absolute atomic E-state index is 12.2. The van der Waals surface area contributed by atoms with Crippen LogP contribution in [-0.2, 0) is 9.53 Å². The molecule has 0 amide bonds. The Hall–Kier alpha value is -2.32. The predicted molar refractivity (Wildman–Crippen MR) is 91.9 cm³/mol. The monoisotopic (exact) mass is 364 g/mol. The summed E-state index contributed by atoms with van der Waals surface area (Å²) >= 11 is 6.99. The largest absolute Gasteiger partial charge is 0.465 e. The average Bonchev–Trinajstić information content (AvgIpc) is 2.98. The third-order valence-corrected chi connectivity index (χ3v) is 4.22. The van der Waals surface area contributed by atoms with E-state index in [2.05, 4.69) is 15.1 Å². The van der Waals surface area contributed by atoms with E-state index in [1.165, 1.54) is 6.20 Å². The number of hydrogen-bond donors (Lipinski definition) is 1. The summed E-state index contributed by atoms with van der Waals surface area (Å²) < 4.78 is 6.41. The first-order valence-electron chi connectivity index (χ1n) is 7.11. The van der Waals surface area contributed by atoms with Crippen molar-refractivity contribution in [3.63, 3.8) is 0 Å². The number of halogens is 1. The van der Waals surface area contributed by atoms with Crippen molar-refractivity contribution in [3.8, 4) is 5.69 Å². The van der Waals surface area contributed by atoms with Crippen LogP contribution in [0.1, 0.15) is 6.92 Å². The van der Waals surface area contributed by atoms with Gasteiger partial charge in [0.25, 0.3) is 5.56 Å². The molecule has 0 bridgehead atoms. The molecule has 124 valence electrons. The van der Waals surface area contributed by atoms with Crippen LogP contribution in [0.25, 0.3) is 16.7 Å². The molecule has 0 fully saturated rings. The van der Waals surface area contributed by atoms with Gasteiger partial charge in [-0.05, 0) is 31.2 Å². The van der Waals surface area contributed by atoms with Gasteiger partial charge in [0.1, 0.15) is 5.39 Å². The first-order valence-corrected chi connectivity index (χ1v) is 8.47. The molecule has 7 nitrogen and oxygen atoms in total. The summed E-state index contributed by atoms with van der Waals surface area (Å²) in [4.78, 5) is 30.6. The lowest BCUT2D eigenvalue weighted by Crippen LogP contribution is -2.12. The number of nitrogens with one attached hydrogen (secondary N) is 1. The molecule has 3 aromatic rings. The Morgan fingerprint density at radius 1 is 1.38 bits per heavy atom. The summed E-state index contributed by atoms with van der Waals surface area (Å²) in [5.74, 6) is -0.298.